The van der Waals surface area contributed by atoms with Crippen LogP contribution in [-0.4, -0.2) is 25.0 Å². The van der Waals surface area contributed by atoms with E-state index in [1.807, 2.05) is 30.3 Å². The molecular formula is C17H17N3O3. The van der Waals surface area contributed by atoms with Crippen LogP contribution in [0.15, 0.2) is 53.1 Å². The fourth-order valence-electron chi connectivity index (χ4n) is 1.68. The zero-order valence-electron chi connectivity index (χ0n) is 12.5. The van der Waals surface area contributed by atoms with Crippen LogP contribution in [0.2, 0.25) is 0 Å². The SMILES string of the molecule is O=C(CNC(=O)NCc1ccco1)NCC#Cc1ccccc1. The number of carbonyl (C=O) groups excluding carboxylic acids is 2. The molecule has 6 nitrogen and oxygen atoms in total. The number of nitrogens with one attached hydrogen (secondary N) is 3. The average molecular weight is 311 g/mol. The van der Waals surface area contributed by atoms with E-state index in [1.54, 1.807) is 12.1 Å². The maximum atomic E-state index is 11.6. The van der Waals surface area contributed by atoms with Crippen molar-refractivity contribution in [2.75, 3.05) is 13.1 Å². The minimum Gasteiger partial charge on any atom is -0.467 e. The van der Waals surface area contributed by atoms with E-state index in [0.29, 0.717) is 5.76 Å². The van der Waals surface area contributed by atoms with Gasteiger partial charge in [-0.25, -0.2) is 4.79 Å². The standard InChI is InChI=1S/C17H17N3O3/c21-16(18-10-4-8-14-6-2-1-3-7-14)13-20-17(22)19-12-15-9-5-11-23-15/h1-3,5-7,9,11H,10,12-13H2,(H,18,21)(H2,19,20,22). The van der Waals surface area contributed by atoms with Crippen LogP contribution in [-0.2, 0) is 11.3 Å². The Morgan fingerprint density at radius 1 is 1.00 bits per heavy atom. The number of furan rings is 1. The quantitative estimate of drug-likeness (QED) is 0.727. The smallest absolute Gasteiger partial charge is 0.315 e. The van der Waals surface area contributed by atoms with Gasteiger partial charge in [0.25, 0.3) is 0 Å². The third kappa shape index (κ3) is 6.40. The van der Waals surface area contributed by atoms with E-state index in [2.05, 4.69) is 27.8 Å². The number of rotatable bonds is 5. The molecule has 2 aromatic rings. The molecule has 0 aliphatic rings. The highest BCUT2D eigenvalue weighted by Crippen LogP contribution is 1.97. The predicted molar refractivity (Wildman–Crippen MR) is 85.3 cm³/mol. The summed E-state index contributed by atoms with van der Waals surface area (Å²) >= 11 is 0. The molecule has 0 unspecified atom stereocenters. The average Bonchev–Trinajstić information content (AvgIpc) is 3.09. The predicted octanol–water partition coefficient (Wildman–Crippen LogP) is 1.25. The second-order valence-corrected chi connectivity index (χ2v) is 4.56. The molecule has 0 spiro atoms. The van der Waals surface area contributed by atoms with Crippen LogP contribution in [0.1, 0.15) is 11.3 Å². The molecule has 0 saturated heterocycles. The number of hydrogen-bond acceptors (Lipinski definition) is 3. The summed E-state index contributed by atoms with van der Waals surface area (Å²) < 4.78 is 5.07. The molecule has 0 radical (unpaired) electrons. The highest BCUT2D eigenvalue weighted by atomic mass is 16.3. The Kier molecular flexibility index (Phi) is 6.29. The first-order valence-electron chi connectivity index (χ1n) is 7.09. The van der Waals surface area contributed by atoms with Crippen molar-refractivity contribution in [2.24, 2.45) is 0 Å². The molecule has 118 valence electrons. The van der Waals surface area contributed by atoms with Crippen molar-refractivity contribution in [3.05, 3.63) is 60.1 Å². The molecular weight excluding hydrogens is 294 g/mol. The Labute approximate surface area is 134 Å². The van der Waals surface area contributed by atoms with E-state index in [-0.39, 0.29) is 25.5 Å². The summed E-state index contributed by atoms with van der Waals surface area (Å²) in [4.78, 5) is 23.0. The van der Waals surface area contributed by atoms with Crippen molar-refractivity contribution in [2.45, 2.75) is 6.54 Å². The third-order valence-corrected chi connectivity index (χ3v) is 2.79. The maximum absolute atomic E-state index is 11.6. The molecule has 0 aliphatic heterocycles. The monoisotopic (exact) mass is 311 g/mol. The summed E-state index contributed by atoms with van der Waals surface area (Å²) in [6.45, 7) is 0.378. The number of carbonyl (C=O) groups is 2. The molecule has 3 N–H and O–H groups in total. The van der Waals surface area contributed by atoms with E-state index < -0.39 is 6.03 Å². The summed E-state index contributed by atoms with van der Waals surface area (Å²) in [5, 5.41) is 7.63. The summed E-state index contributed by atoms with van der Waals surface area (Å²) in [5.74, 6) is 6.10. The first kappa shape index (κ1) is 16.2. The lowest BCUT2D eigenvalue weighted by Gasteiger charge is -2.06. The van der Waals surface area contributed by atoms with E-state index >= 15 is 0 Å². The summed E-state index contributed by atoms with van der Waals surface area (Å²) in [6.07, 6.45) is 1.53. The highest BCUT2D eigenvalue weighted by Gasteiger charge is 2.04. The van der Waals surface area contributed by atoms with Gasteiger partial charge in [0.05, 0.1) is 25.9 Å². The Hall–Kier alpha value is -3.20. The van der Waals surface area contributed by atoms with E-state index in [4.69, 9.17) is 4.42 Å². The Morgan fingerprint density at radius 3 is 2.57 bits per heavy atom. The topological polar surface area (TPSA) is 83.4 Å². The van der Waals surface area contributed by atoms with Crippen LogP contribution < -0.4 is 16.0 Å². The van der Waals surface area contributed by atoms with Crippen molar-refractivity contribution < 1.29 is 14.0 Å². The van der Waals surface area contributed by atoms with Gasteiger partial charge in [-0.1, -0.05) is 30.0 Å². The van der Waals surface area contributed by atoms with Gasteiger partial charge in [-0.3, -0.25) is 4.79 Å². The molecule has 0 saturated carbocycles. The molecule has 1 heterocycles. The highest BCUT2D eigenvalue weighted by molar-refractivity contribution is 5.83. The van der Waals surface area contributed by atoms with Gasteiger partial charge in [0.1, 0.15) is 5.76 Å². The second-order valence-electron chi connectivity index (χ2n) is 4.56. The van der Waals surface area contributed by atoms with Crippen LogP contribution in [0.25, 0.3) is 0 Å². The van der Waals surface area contributed by atoms with Crippen molar-refractivity contribution in [1.29, 1.82) is 0 Å². The molecule has 0 fully saturated rings. The largest absolute Gasteiger partial charge is 0.467 e. The lowest BCUT2D eigenvalue weighted by atomic mass is 10.2. The molecule has 0 bridgehead atoms. The Bertz CT molecular complexity index is 685. The second kappa shape index (κ2) is 8.95. The van der Waals surface area contributed by atoms with Crippen LogP contribution in [0.4, 0.5) is 4.79 Å². The lowest BCUT2D eigenvalue weighted by molar-refractivity contribution is -0.119. The zero-order chi connectivity index (χ0) is 16.3. The maximum Gasteiger partial charge on any atom is 0.315 e. The lowest BCUT2D eigenvalue weighted by Crippen LogP contribution is -2.41. The Balaban J connectivity index is 1.59. The van der Waals surface area contributed by atoms with E-state index in [1.165, 1.54) is 6.26 Å². The molecule has 0 atom stereocenters. The number of amides is 3. The van der Waals surface area contributed by atoms with E-state index in [9.17, 15) is 9.59 Å². The zero-order valence-corrected chi connectivity index (χ0v) is 12.5. The van der Waals surface area contributed by atoms with Crippen molar-refractivity contribution in [1.82, 2.24) is 16.0 Å². The number of hydrogen-bond donors (Lipinski definition) is 3. The fourth-order valence-corrected chi connectivity index (χ4v) is 1.68. The number of urea groups is 1. The molecule has 6 heteroatoms. The summed E-state index contributed by atoms with van der Waals surface area (Å²) in [5.41, 5.74) is 0.886. The van der Waals surface area contributed by atoms with Gasteiger partial charge in [0, 0.05) is 5.56 Å². The Morgan fingerprint density at radius 2 is 1.83 bits per heavy atom. The van der Waals surface area contributed by atoms with Gasteiger partial charge in [-0.15, -0.1) is 0 Å². The molecule has 1 aromatic carbocycles. The molecule has 1 aromatic heterocycles. The van der Waals surface area contributed by atoms with Crippen molar-refractivity contribution >= 4 is 11.9 Å². The first-order chi connectivity index (χ1) is 11.2. The summed E-state index contributed by atoms with van der Waals surface area (Å²) in [6, 6.07) is 12.5. The van der Waals surface area contributed by atoms with Crippen molar-refractivity contribution in [3.63, 3.8) is 0 Å². The molecule has 0 aliphatic carbocycles. The van der Waals surface area contributed by atoms with Crippen LogP contribution in [0.5, 0.6) is 0 Å². The van der Waals surface area contributed by atoms with Gasteiger partial charge in [0.2, 0.25) is 5.91 Å². The number of benzene rings is 1. The van der Waals surface area contributed by atoms with Crippen LogP contribution in [0.3, 0.4) is 0 Å². The van der Waals surface area contributed by atoms with Gasteiger partial charge < -0.3 is 20.4 Å². The van der Waals surface area contributed by atoms with Crippen LogP contribution >= 0.6 is 0 Å². The summed E-state index contributed by atoms with van der Waals surface area (Å²) in [7, 11) is 0. The van der Waals surface area contributed by atoms with Gasteiger partial charge in [0.15, 0.2) is 0 Å². The molecule has 3 amide bonds. The third-order valence-electron chi connectivity index (χ3n) is 2.79. The molecule has 23 heavy (non-hydrogen) atoms. The fraction of sp³-hybridized carbons (Fsp3) is 0.176. The minimum atomic E-state index is -0.438. The van der Waals surface area contributed by atoms with E-state index in [0.717, 1.165) is 5.56 Å². The normalized spacial score (nSPS) is 9.39. The first-order valence-corrected chi connectivity index (χ1v) is 7.09. The van der Waals surface area contributed by atoms with Crippen LogP contribution in [0, 0.1) is 11.8 Å². The minimum absolute atomic E-state index is 0.114. The van der Waals surface area contributed by atoms with Crippen molar-refractivity contribution in [3.8, 4) is 11.8 Å². The molecule has 2 rings (SSSR count). The van der Waals surface area contributed by atoms with Gasteiger partial charge in [-0.2, -0.15) is 0 Å². The van der Waals surface area contributed by atoms with Gasteiger partial charge >= 0.3 is 6.03 Å². The van der Waals surface area contributed by atoms with Gasteiger partial charge in [-0.05, 0) is 24.3 Å².